The standard InChI is InChI=1S/C7H11/c1-4-5-6-7(2)3/h5-6H,1-3H3. The number of hydrogen-bond donors (Lipinski definition) is 0. The van der Waals surface area contributed by atoms with Crippen molar-refractivity contribution in [3.8, 4) is 0 Å². The summed E-state index contributed by atoms with van der Waals surface area (Å²) in [6, 6.07) is 0. The predicted octanol–water partition coefficient (Wildman–Crippen LogP) is 2.33. The molecule has 0 spiro atoms. The van der Waals surface area contributed by atoms with Gasteiger partial charge in [0.2, 0.25) is 0 Å². The highest BCUT2D eigenvalue weighted by Crippen LogP contribution is 1.86. The highest BCUT2D eigenvalue weighted by molar-refractivity contribution is 5.04. The van der Waals surface area contributed by atoms with Crippen molar-refractivity contribution in [1.29, 1.82) is 0 Å². The van der Waals surface area contributed by atoms with Crippen LogP contribution in [-0.2, 0) is 0 Å². The average Bonchev–Trinajstić information content (AvgIpc) is 1.61. The lowest BCUT2D eigenvalue weighted by Gasteiger charge is -1.77. The lowest BCUT2D eigenvalue weighted by molar-refractivity contribution is 1.39. The van der Waals surface area contributed by atoms with Crippen molar-refractivity contribution in [2.24, 2.45) is 0 Å². The fraction of sp³-hybridized carbons (Fsp3) is 0.429. The summed E-state index contributed by atoms with van der Waals surface area (Å²) < 4.78 is 0. The van der Waals surface area contributed by atoms with Gasteiger partial charge in [0.05, 0.1) is 0 Å². The smallest absolute Gasteiger partial charge is 0.0395 e. The Morgan fingerprint density at radius 3 is 2.14 bits per heavy atom. The minimum Gasteiger partial charge on any atom is -0.0764 e. The normalized spacial score (nSPS) is 9.57. The Morgan fingerprint density at radius 2 is 2.00 bits per heavy atom. The van der Waals surface area contributed by atoms with Crippen LogP contribution in [-0.4, -0.2) is 0 Å². The minimum absolute atomic E-state index is 1.31. The summed E-state index contributed by atoms with van der Waals surface area (Å²) in [7, 11) is 0. The van der Waals surface area contributed by atoms with Crippen molar-refractivity contribution < 1.29 is 0 Å². The van der Waals surface area contributed by atoms with Gasteiger partial charge >= 0.3 is 0 Å². The molecule has 0 heteroatoms. The van der Waals surface area contributed by atoms with Crippen LogP contribution in [0.2, 0.25) is 0 Å². The molecule has 0 aliphatic heterocycles. The predicted molar refractivity (Wildman–Crippen MR) is 32.9 cm³/mol. The van der Waals surface area contributed by atoms with Gasteiger partial charge in [-0.05, 0) is 26.8 Å². The van der Waals surface area contributed by atoms with E-state index < -0.39 is 0 Å². The molecule has 0 nitrogen and oxygen atoms in total. The molecule has 7 heavy (non-hydrogen) atoms. The molecular weight excluding hydrogens is 84.1 g/mol. The first-order chi connectivity index (χ1) is 3.27. The summed E-state index contributed by atoms with van der Waals surface area (Å²) in [6.45, 7) is 6.02. The van der Waals surface area contributed by atoms with Crippen LogP contribution in [0.5, 0.6) is 0 Å². The van der Waals surface area contributed by atoms with Crippen molar-refractivity contribution in [2.45, 2.75) is 20.8 Å². The van der Waals surface area contributed by atoms with Crippen LogP contribution in [0.3, 0.4) is 0 Å². The SMILES string of the molecule is C/[C]=C\C=C(C)C. The molecule has 0 fully saturated rings. The van der Waals surface area contributed by atoms with E-state index in [1.807, 2.05) is 19.1 Å². The molecule has 0 aromatic carbocycles. The average molecular weight is 95.2 g/mol. The molecule has 0 rings (SSSR count). The van der Waals surface area contributed by atoms with Crippen LogP contribution >= 0.6 is 0 Å². The topological polar surface area (TPSA) is 0 Å². The number of allylic oxidation sites excluding steroid dienone is 4. The summed E-state index contributed by atoms with van der Waals surface area (Å²) in [4.78, 5) is 0. The third-order valence-electron chi connectivity index (χ3n) is 0.583. The molecule has 0 saturated carbocycles. The highest BCUT2D eigenvalue weighted by Gasteiger charge is 1.65. The van der Waals surface area contributed by atoms with Crippen LogP contribution < -0.4 is 0 Å². The number of rotatable bonds is 1. The molecule has 0 aliphatic carbocycles. The van der Waals surface area contributed by atoms with E-state index >= 15 is 0 Å². The number of hydrogen-bond acceptors (Lipinski definition) is 0. The highest BCUT2D eigenvalue weighted by atomic mass is 13.7. The van der Waals surface area contributed by atoms with Crippen LogP contribution in [0.25, 0.3) is 0 Å². The Labute approximate surface area is 45.5 Å². The van der Waals surface area contributed by atoms with Gasteiger partial charge in [-0.15, -0.1) is 0 Å². The fourth-order valence-corrected chi connectivity index (χ4v) is 0.250. The molecule has 0 heterocycles. The molecule has 0 saturated heterocycles. The van der Waals surface area contributed by atoms with E-state index in [1.54, 1.807) is 0 Å². The summed E-state index contributed by atoms with van der Waals surface area (Å²) in [6.07, 6.45) is 6.84. The van der Waals surface area contributed by atoms with Gasteiger partial charge in [-0.1, -0.05) is 17.7 Å². The molecular formula is C7H11. The summed E-state index contributed by atoms with van der Waals surface area (Å²) in [5.41, 5.74) is 1.31. The maximum absolute atomic E-state index is 2.90. The van der Waals surface area contributed by atoms with E-state index in [0.29, 0.717) is 0 Å². The maximum atomic E-state index is 2.90. The van der Waals surface area contributed by atoms with E-state index in [0.717, 1.165) is 0 Å². The Bertz CT molecular complexity index is 82.2. The zero-order valence-corrected chi connectivity index (χ0v) is 5.15. The second-order valence-electron chi connectivity index (χ2n) is 1.70. The van der Waals surface area contributed by atoms with Crippen molar-refractivity contribution in [1.82, 2.24) is 0 Å². The molecule has 0 amide bonds. The molecule has 39 valence electrons. The van der Waals surface area contributed by atoms with Gasteiger partial charge in [-0.3, -0.25) is 0 Å². The summed E-state index contributed by atoms with van der Waals surface area (Å²) >= 11 is 0. The van der Waals surface area contributed by atoms with E-state index in [4.69, 9.17) is 0 Å². The molecule has 1 radical (unpaired) electrons. The van der Waals surface area contributed by atoms with Crippen LogP contribution in [0.15, 0.2) is 17.7 Å². The largest absolute Gasteiger partial charge is 0.0764 e. The van der Waals surface area contributed by atoms with Gasteiger partial charge in [0.1, 0.15) is 0 Å². The van der Waals surface area contributed by atoms with Crippen LogP contribution in [0, 0.1) is 6.08 Å². The minimum atomic E-state index is 1.31. The van der Waals surface area contributed by atoms with E-state index in [1.165, 1.54) is 5.57 Å². The Hall–Kier alpha value is -0.520. The second kappa shape index (κ2) is 3.66. The van der Waals surface area contributed by atoms with Crippen molar-refractivity contribution in [2.75, 3.05) is 0 Å². The van der Waals surface area contributed by atoms with Crippen molar-refractivity contribution in [3.05, 3.63) is 23.8 Å². The molecule has 0 bridgehead atoms. The quantitative estimate of drug-likeness (QED) is 0.438. The van der Waals surface area contributed by atoms with Crippen LogP contribution in [0.4, 0.5) is 0 Å². The third-order valence-corrected chi connectivity index (χ3v) is 0.583. The van der Waals surface area contributed by atoms with Gasteiger partial charge in [0, 0.05) is 0 Å². The van der Waals surface area contributed by atoms with Gasteiger partial charge in [-0.2, -0.15) is 0 Å². The van der Waals surface area contributed by atoms with Gasteiger partial charge in [-0.25, -0.2) is 0 Å². The fourth-order valence-electron chi connectivity index (χ4n) is 0.250. The molecule has 0 atom stereocenters. The monoisotopic (exact) mass is 95.1 g/mol. The van der Waals surface area contributed by atoms with Crippen LogP contribution in [0.1, 0.15) is 20.8 Å². The summed E-state index contributed by atoms with van der Waals surface area (Å²) in [5, 5.41) is 0. The zero-order valence-electron chi connectivity index (χ0n) is 5.15. The first-order valence-corrected chi connectivity index (χ1v) is 2.41. The molecule has 0 aliphatic rings. The Balaban J connectivity index is 3.46. The Kier molecular flexibility index (Phi) is 3.39. The third kappa shape index (κ3) is 5.48. The second-order valence-corrected chi connectivity index (χ2v) is 1.70. The van der Waals surface area contributed by atoms with Crippen molar-refractivity contribution in [3.63, 3.8) is 0 Å². The van der Waals surface area contributed by atoms with E-state index in [-0.39, 0.29) is 0 Å². The van der Waals surface area contributed by atoms with E-state index in [9.17, 15) is 0 Å². The lowest BCUT2D eigenvalue weighted by Crippen LogP contribution is -1.56. The first kappa shape index (κ1) is 6.48. The summed E-state index contributed by atoms with van der Waals surface area (Å²) in [5.74, 6) is 0. The lowest BCUT2D eigenvalue weighted by atomic mass is 10.3. The zero-order chi connectivity index (χ0) is 5.70. The van der Waals surface area contributed by atoms with Gasteiger partial charge in [0.15, 0.2) is 0 Å². The molecule has 0 aromatic rings. The molecule has 0 unspecified atom stereocenters. The van der Waals surface area contributed by atoms with Gasteiger partial charge < -0.3 is 0 Å². The Morgan fingerprint density at radius 1 is 1.43 bits per heavy atom. The first-order valence-electron chi connectivity index (χ1n) is 2.41. The molecule has 0 N–H and O–H groups in total. The van der Waals surface area contributed by atoms with Crippen molar-refractivity contribution >= 4 is 0 Å². The maximum Gasteiger partial charge on any atom is -0.0395 e. The van der Waals surface area contributed by atoms with Gasteiger partial charge in [0.25, 0.3) is 0 Å². The van der Waals surface area contributed by atoms with E-state index in [2.05, 4.69) is 19.9 Å². The molecule has 0 aromatic heterocycles.